The monoisotopic (exact) mass is 221 g/mol. The minimum absolute atomic E-state index is 0.561. The maximum Gasteiger partial charge on any atom is 0.122 e. The Morgan fingerprint density at radius 2 is 2.00 bits per heavy atom. The summed E-state index contributed by atoms with van der Waals surface area (Å²) in [6.45, 7) is 5.96. The van der Waals surface area contributed by atoms with E-state index in [0.717, 1.165) is 38.2 Å². The Balaban J connectivity index is 2.57. The summed E-state index contributed by atoms with van der Waals surface area (Å²) >= 11 is 0. The summed E-state index contributed by atoms with van der Waals surface area (Å²) in [6, 6.07) is 8.33. The molecule has 2 heteroatoms. The van der Waals surface area contributed by atoms with E-state index in [2.05, 4.69) is 32.0 Å². The Morgan fingerprint density at radius 3 is 2.69 bits per heavy atom. The van der Waals surface area contributed by atoms with Gasteiger partial charge in [-0.05, 0) is 43.4 Å². The van der Waals surface area contributed by atoms with Crippen molar-refractivity contribution in [1.29, 1.82) is 0 Å². The molecular formula is C14H23NO. The van der Waals surface area contributed by atoms with Gasteiger partial charge in [0.2, 0.25) is 0 Å². The largest absolute Gasteiger partial charge is 0.493 e. The summed E-state index contributed by atoms with van der Waals surface area (Å²) in [4.78, 5) is 0. The zero-order valence-electron chi connectivity index (χ0n) is 10.4. The first-order valence-corrected chi connectivity index (χ1v) is 6.21. The first kappa shape index (κ1) is 13.0. The third kappa shape index (κ3) is 3.86. The van der Waals surface area contributed by atoms with Gasteiger partial charge in [-0.25, -0.2) is 0 Å². The molecular weight excluding hydrogens is 198 g/mol. The molecule has 0 saturated heterocycles. The topological polar surface area (TPSA) is 35.2 Å². The van der Waals surface area contributed by atoms with Crippen LogP contribution >= 0.6 is 0 Å². The number of nitrogens with two attached hydrogens (primary N) is 1. The van der Waals surface area contributed by atoms with Crippen LogP contribution in [0, 0.1) is 0 Å². The molecule has 0 aliphatic rings. The Hall–Kier alpha value is -1.02. The van der Waals surface area contributed by atoms with E-state index in [1.165, 1.54) is 5.56 Å². The van der Waals surface area contributed by atoms with E-state index in [9.17, 15) is 0 Å². The van der Waals surface area contributed by atoms with E-state index in [-0.39, 0.29) is 0 Å². The van der Waals surface area contributed by atoms with E-state index in [0.29, 0.717) is 5.92 Å². The fourth-order valence-electron chi connectivity index (χ4n) is 1.67. The summed E-state index contributed by atoms with van der Waals surface area (Å²) in [6.07, 6.45) is 3.21. The number of unbranched alkanes of at least 4 members (excludes halogenated alkanes) is 1. The maximum atomic E-state index is 5.81. The van der Waals surface area contributed by atoms with Gasteiger partial charge in [0, 0.05) is 0 Å². The number of ether oxygens (including phenoxy) is 1. The van der Waals surface area contributed by atoms with Crippen molar-refractivity contribution < 1.29 is 4.74 Å². The highest BCUT2D eigenvalue weighted by atomic mass is 16.5. The lowest BCUT2D eigenvalue weighted by Crippen LogP contribution is -2.05. The molecule has 0 saturated carbocycles. The number of hydrogen-bond acceptors (Lipinski definition) is 2. The van der Waals surface area contributed by atoms with E-state index in [4.69, 9.17) is 10.5 Å². The molecule has 0 bridgehead atoms. The Kier molecular flexibility index (Phi) is 5.94. The predicted molar refractivity (Wildman–Crippen MR) is 68.9 cm³/mol. The van der Waals surface area contributed by atoms with Crippen LogP contribution in [-0.2, 0) is 0 Å². The van der Waals surface area contributed by atoms with Crippen molar-refractivity contribution in [2.24, 2.45) is 5.73 Å². The molecule has 2 nitrogen and oxygen atoms in total. The van der Waals surface area contributed by atoms with Gasteiger partial charge in [0.05, 0.1) is 6.61 Å². The Morgan fingerprint density at radius 1 is 1.25 bits per heavy atom. The van der Waals surface area contributed by atoms with Gasteiger partial charge in [-0.3, -0.25) is 0 Å². The SMILES string of the molecule is CCC(C)c1ccccc1OCCCCN. The maximum absolute atomic E-state index is 5.81. The van der Waals surface area contributed by atoms with E-state index < -0.39 is 0 Å². The van der Waals surface area contributed by atoms with E-state index in [1.54, 1.807) is 0 Å². The molecule has 1 atom stereocenters. The van der Waals surface area contributed by atoms with Gasteiger partial charge in [-0.15, -0.1) is 0 Å². The average Bonchev–Trinajstić information content (AvgIpc) is 2.34. The van der Waals surface area contributed by atoms with E-state index >= 15 is 0 Å². The van der Waals surface area contributed by atoms with Gasteiger partial charge in [0.25, 0.3) is 0 Å². The molecule has 16 heavy (non-hydrogen) atoms. The Bertz CT molecular complexity index is 299. The smallest absolute Gasteiger partial charge is 0.122 e. The van der Waals surface area contributed by atoms with Crippen LogP contribution < -0.4 is 10.5 Å². The van der Waals surface area contributed by atoms with Crippen LogP contribution in [0.3, 0.4) is 0 Å². The Labute approximate surface area is 98.8 Å². The zero-order chi connectivity index (χ0) is 11.8. The van der Waals surface area contributed by atoms with Gasteiger partial charge in [-0.1, -0.05) is 32.0 Å². The highest BCUT2D eigenvalue weighted by Gasteiger charge is 2.08. The normalized spacial score (nSPS) is 12.4. The molecule has 0 fully saturated rings. The van der Waals surface area contributed by atoms with Gasteiger partial charge in [0.1, 0.15) is 5.75 Å². The quantitative estimate of drug-likeness (QED) is 0.717. The van der Waals surface area contributed by atoms with Crippen molar-refractivity contribution >= 4 is 0 Å². The van der Waals surface area contributed by atoms with Crippen molar-refractivity contribution in [3.05, 3.63) is 29.8 Å². The lowest BCUT2D eigenvalue weighted by Gasteiger charge is -2.15. The minimum atomic E-state index is 0.561. The molecule has 90 valence electrons. The highest BCUT2D eigenvalue weighted by molar-refractivity contribution is 5.35. The average molecular weight is 221 g/mol. The first-order chi connectivity index (χ1) is 7.79. The predicted octanol–water partition coefficient (Wildman–Crippen LogP) is 3.32. The summed E-state index contributed by atoms with van der Waals surface area (Å²) in [7, 11) is 0. The molecule has 0 aromatic heterocycles. The summed E-state index contributed by atoms with van der Waals surface area (Å²) in [5.41, 5.74) is 6.77. The van der Waals surface area contributed by atoms with Crippen LogP contribution in [0.15, 0.2) is 24.3 Å². The molecule has 0 aliphatic heterocycles. The fraction of sp³-hybridized carbons (Fsp3) is 0.571. The molecule has 0 heterocycles. The standard InChI is InChI=1S/C14H23NO/c1-3-12(2)13-8-4-5-9-14(13)16-11-7-6-10-15/h4-5,8-9,12H,3,6-7,10-11,15H2,1-2H3. The van der Waals surface area contributed by atoms with Crippen molar-refractivity contribution in [3.63, 3.8) is 0 Å². The van der Waals surface area contributed by atoms with Crippen LogP contribution in [0.2, 0.25) is 0 Å². The fourth-order valence-corrected chi connectivity index (χ4v) is 1.67. The van der Waals surface area contributed by atoms with Crippen molar-refractivity contribution in [2.75, 3.05) is 13.2 Å². The van der Waals surface area contributed by atoms with Crippen molar-refractivity contribution in [2.45, 2.75) is 39.0 Å². The summed E-state index contributed by atoms with van der Waals surface area (Å²) < 4.78 is 5.81. The third-order valence-electron chi connectivity index (χ3n) is 2.92. The summed E-state index contributed by atoms with van der Waals surface area (Å²) in [5, 5.41) is 0. The number of rotatable bonds is 7. The van der Waals surface area contributed by atoms with Gasteiger partial charge in [-0.2, -0.15) is 0 Å². The highest BCUT2D eigenvalue weighted by Crippen LogP contribution is 2.28. The molecule has 0 spiro atoms. The second-order valence-corrected chi connectivity index (χ2v) is 4.19. The minimum Gasteiger partial charge on any atom is -0.493 e. The number of para-hydroxylation sites is 1. The van der Waals surface area contributed by atoms with Crippen LogP contribution in [-0.4, -0.2) is 13.2 Å². The number of hydrogen-bond donors (Lipinski definition) is 1. The molecule has 0 radical (unpaired) electrons. The van der Waals surface area contributed by atoms with Gasteiger partial charge in [0.15, 0.2) is 0 Å². The number of benzene rings is 1. The lowest BCUT2D eigenvalue weighted by atomic mass is 9.98. The molecule has 0 amide bonds. The van der Waals surface area contributed by atoms with Gasteiger partial charge < -0.3 is 10.5 Å². The van der Waals surface area contributed by atoms with Crippen molar-refractivity contribution in [3.8, 4) is 5.75 Å². The second-order valence-electron chi connectivity index (χ2n) is 4.19. The first-order valence-electron chi connectivity index (χ1n) is 6.21. The lowest BCUT2D eigenvalue weighted by molar-refractivity contribution is 0.303. The zero-order valence-corrected chi connectivity index (χ0v) is 10.4. The van der Waals surface area contributed by atoms with E-state index in [1.807, 2.05) is 6.07 Å². The molecule has 0 aliphatic carbocycles. The van der Waals surface area contributed by atoms with Gasteiger partial charge >= 0.3 is 0 Å². The van der Waals surface area contributed by atoms with Crippen molar-refractivity contribution in [1.82, 2.24) is 0 Å². The van der Waals surface area contributed by atoms with Crippen LogP contribution in [0.5, 0.6) is 5.75 Å². The molecule has 2 N–H and O–H groups in total. The molecule has 1 aromatic rings. The molecule has 1 aromatic carbocycles. The molecule has 1 rings (SSSR count). The van der Waals surface area contributed by atoms with Crippen LogP contribution in [0.4, 0.5) is 0 Å². The summed E-state index contributed by atoms with van der Waals surface area (Å²) in [5.74, 6) is 1.60. The van der Waals surface area contributed by atoms with Crippen LogP contribution in [0.25, 0.3) is 0 Å². The second kappa shape index (κ2) is 7.29. The third-order valence-corrected chi connectivity index (χ3v) is 2.92. The molecule has 1 unspecified atom stereocenters. The van der Waals surface area contributed by atoms with Crippen LogP contribution in [0.1, 0.15) is 44.6 Å².